The smallest absolute Gasteiger partial charge is 0.305 e. The van der Waals surface area contributed by atoms with E-state index < -0.39 is 27.0 Å². The van der Waals surface area contributed by atoms with Crippen molar-refractivity contribution >= 4 is 38.3 Å². The van der Waals surface area contributed by atoms with Crippen LogP contribution in [0.2, 0.25) is 5.02 Å². The van der Waals surface area contributed by atoms with Gasteiger partial charge >= 0.3 is 11.1 Å². The van der Waals surface area contributed by atoms with Gasteiger partial charge in [-0.3, -0.25) is 14.3 Å². The van der Waals surface area contributed by atoms with Crippen LogP contribution in [0, 0.1) is 5.82 Å². The second kappa shape index (κ2) is 6.26. The predicted molar refractivity (Wildman–Crippen MR) is 96.6 cm³/mol. The summed E-state index contributed by atoms with van der Waals surface area (Å²) < 4.78 is 42.5. The molecule has 136 valence electrons. The van der Waals surface area contributed by atoms with Gasteiger partial charge in [0, 0.05) is 14.1 Å². The fourth-order valence-corrected chi connectivity index (χ4v) is 3.82. The van der Waals surface area contributed by atoms with Crippen molar-refractivity contribution in [2.75, 3.05) is 4.72 Å². The highest BCUT2D eigenvalue weighted by Gasteiger charge is 2.18. The van der Waals surface area contributed by atoms with Gasteiger partial charge in [-0.2, -0.15) is 0 Å². The molecular formula is C16H13ClFN3O4S. The van der Waals surface area contributed by atoms with E-state index in [4.69, 9.17) is 11.6 Å². The van der Waals surface area contributed by atoms with Gasteiger partial charge in [0.25, 0.3) is 10.0 Å². The van der Waals surface area contributed by atoms with Crippen LogP contribution in [0.25, 0.3) is 11.0 Å². The molecule has 0 atom stereocenters. The number of hydrogen-bond donors (Lipinski definition) is 1. The van der Waals surface area contributed by atoms with Crippen molar-refractivity contribution in [2.45, 2.75) is 4.90 Å². The number of fused-ring (bicyclic) bond motifs is 1. The van der Waals surface area contributed by atoms with E-state index in [0.717, 1.165) is 33.4 Å². The molecule has 10 heteroatoms. The van der Waals surface area contributed by atoms with Crippen molar-refractivity contribution in [3.05, 3.63) is 67.9 Å². The first-order chi connectivity index (χ1) is 12.1. The minimum Gasteiger partial charge on any atom is -0.305 e. The van der Waals surface area contributed by atoms with E-state index in [1.165, 1.54) is 26.2 Å². The minimum absolute atomic E-state index is 0.0251. The number of hydrogen-bond acceptors (Lipinski definition) is 4. The number of rotatable bonds is 3. The van der Waals surface area contributed by atoms with Gasteiger partial charge in [-0.05, 0) is 36.4 Å². The van der Waals surface area contributed by atoms with Gasteiger partial charge in [0.2, 0.25) is 0 Å². The fraction of sp³-hybridized carbons (Fsp3) is 0.125. The lowest BCUT2D eigenvalue weighted by atomic mass is 10.2. The minimum atomic E-state index is -4.02. The van der Waals surface area contributed by atoms with E-state index in [9.17, 15) is 22.4 Å². The number of nitrogens with one attached hydrogen (secondary N) is 1. The number of halogens is 2. The van der Waals surface area contributed by atoms with E-state index in [0.29, 0.717) is 11.0 Å². The van der Waals surface area contributed by atoms with Gasteiger partial charge < -0.3 is 9.13 Å². The monoisotopic (exact) mass is 397 g/mol. The molecule has 7 nitrogen and oxygen atoms in total. The number of aryl methyl sites for hydroxylation is 2. The van der Waals surface area contributed by atoms with Crippen molar-refractivity contribution in [3.8, 4) is 0 Å². The van der Waals surface area contributed by atoms with Gasteiger partial charge in [-0.25, -0.2) is 12.8 Å². The van der Waals surface area contributed by atoms with Crippen LogP contribution in [0.5, 0.6) is 0 Å². The van der Waals surface area contributed by atoms with Crippen molar-refractivity contribution in [3.63, 3.8) is 0 Å². The van der Waals surface area contributed by atoms with Crippen LogP contribution in [-0.2, 0) is 24.1 Å². The molecule has 0 spiro atoms. The Balaban J connectivity index is 2.17. The summed E-state index contributed by atoms with van der Waals surface area (Å²) in [5.74, 6) is -0.566. The third-order valence-corrected chi connectivity index (χ3v) is 5.64. The molecule has 1 heterocycles. The van der Waals surface area contributed by atoms with Crippen molar-refractivity contribution in [2.24, 2.45) is 14.1 Å². The number of aromatic nitrogens is 2. The molecule has 2 aromatic carbocycles. The first-order valence-corrected chi connectivity index (χ1v) is 9.15. The summed E-state index contributed by atoms with van der Waals surface area (Å²) in [5.41, 5.74) is -0.771. The normalized spacial score (nSPS) is 11.7. The second-order valence-corrected chi connectivity index (χ2v) is 7.70. The average molecular weight is 398 g/mol. The summed E-state index contributed by atoms with van der Waals surface area (Å²) >= 11 is 6.15. The number of anilines is 1. The highest BCUT2D eigenvalue weighted by Crippen LogP contribution is 2.29. The Bertz CT molecular complexity index is 1250. The maximum atomic E-state index is 13.0. The van der Waals surface area contributed by atoms with E-state index >= 15 is 0 Å². The summed E-state index contributed by atoms with van der Waals surface area (Å²) in [6, 6.07) is 7.03. The zero-order valence-corrected chi connectivity index (χ0v) is 15.2. The largest absolute Gasteiger partial charge is 0.316 e. The van der Waals surface area contributed by atoms with Crippen LogP contribution >= 0.6 is 11.6 Å². The summed E-state index contributed by atoms with van der Waals surface area (Å²) in [4.78, 5) is 23.7. The Morgan fingerprint density at radius 2 is 1.46 bits per heavy atom. The summed E-state index contributed by atoms with van der Waals surface area (Å²) in [6.45, 7) is 0. The first-order valence-electron chi connectivity index (χ1n) is 7.29. The van der Waals surface area contributed by atoms with Crippen LogP contribution < -0.4 is 15.8 Å². The maximum absolute atomic E-state index is 13.0. The zero-order chi connectivity index (χ0) is 19.2. The second-order valence-electron chi connectivity index (χ2n) is 5.61. The predicted octanol–water partition coefficient (Wildman–Crippen LogP) is 1.83. The molecule has 26 heavy (non-hydrogen) atoms. The van der Waals surface area contributed by atoms with Crippen LogP contribution in [0.4, 0.5) is 10.1 Å². The van der Waals surface area contributed by atoms with Crippen molar-refractivity contribution in [1.29, 1.82) is 0 Å². The molecule has 0 aliphatic carbocycles. The lowest BCUT2D eigenvalue weighted by Crippen LogP contribution is -2.39. The molecule has 0 saturated heterocycles. The van der Waals surface area contributed by atoms with E-state index in [1.807, 2.05) is 0 Å². The Labute approximate surface area is 152 Å². The van der Waals surface area contributed by atoms with E-state index in [2.05, 4.69) is 4.72 Å². The first kappa shape index (κ1) is 18.2. The zero-order valence-electron chi connectivity index (χ0n) is 13.7. The quantitative estimate of drug-likeness (QED) is 0.683. The molecule has 0 aliphatic rings. The lowest BCUT2D eigenvalue weighted by Gasteiger charge is -2.14. The SMILES string of the molecule is Cn1c(=O)c(=O)n(C)c2cc(NS(=O)(=O)c3ccc(F)cc3)c(Cl)cc21. The number of nitrogens with zero attached hydrogens (tertiary/aromatic N) is 2. The molecule has 0 fully saturated rings. The highest BCUT2D eigenvalue weighted by molar-refractivity contribution is 7.92. The molecule has 0 aliphatic heterocycles. The van der Waals surface area contributed by atoms with Crippen LogP contribution in [0.15, 0.2) is 50.9 Å². The molecule has 0 saturated carbocycles. The topological polar surface area (TPSA) is 90.2 Å². The van der Waals surface area contributed by atoms with Gasteiger partial charge in [0.1, 0.15) is 5.82 Å². The number of benzene rings is 2. The van der Waals surface area contributed by atoms with Gasteiger partial charge in [0.05, 0.1) is 26.6 Å². The molecule has 0 amide bonds. The summed E-state index contributed by atoms with van der Waals surface area (Å²) in [7, 11) is -1.20. The lowest BCUT2D eigenvalue weighted by molar-refractivity contribution is 0.599. The maximum Gasteiger partial charge on any atom is 0.316 e. The van der Waals surface area contributed by atoms with Crippen LogP contribution in [0.1, 0.15) is 0 Å². The summed E-state index contributed by atoms with van der Waals surface area (Å²) in [6.07, 6.45) is 0. The molecule has 3 aromatic rings. The standard InChI is InChI=1S/C16H13ClFN3O4S/c1-20-13-7-11(17)12(8-14(13)21(2)16(23)15(20)22)19-26(24,25)10-5-3-9(18)4-6-10/h3-8,19H,1-2H3. The molecule has 1 N–H and O–H groups in total. The number of sulfonamides is 1. The van der Waals surface area contributed by atoms with Gasteiger partial charge in [0.15, 0.2) is 0 Å². The molecule has 0 bridgehead atoms. The Hall–Kier alpha value is -2.65. The Morgan fingerprint density at radius 1 is 0.962 bits per heavy atom. The Kier molecular flexibility index (Phi) is 4.37. The van der Waals surface area contributed by atoms with Gasteiger partial charge in [-0.15, -0.1) is 0 Å². The third kappa shape index (κ3) is 2.99. The van der Waals surface area contributed by atoms with Crippen molar-refractivity contribution in [1.82, 2.24) is 9.13 Å². The fourth-order valence-electron chi connectivity index (χ4n) is 2.49. The molecule has 0 unspecified atom stereocenters. The Morgan fingerprint density at radius 3 is 2.00 bits per heavy atom. The van der Waals surface area contributed by atoms with E-state index in [1.54, 1.807) is 0 Å². The van der Waals surface area contributed by atoms with Crippen LogP contribution in [-0.4, -0.2) is 17.6 Å². The average Bonchev–Trinajstić information content (AvgIpc) is 2.59. The van der Waals surface area contributed by atoms with Crippen LogP contribution in [0.3, 0.4) is 0 Å². The molecular weight excluding hydrogens is 385 g/mol. The highest BCUT2D eigenvalue weighted by atomic mass is 35.5. The molecule has 0 radical (unpaired) electrons. The molecule has 1 aromatic heterocycles. The third-order valence-electron chi connectivity index (χ3n) is 3.95. The molecule has 3 rings (SSSR count). The summed E-state index contributed by atoms with van der Waals surface area (Å²) in [5, 5.41) is 0.0387. The van der Waals surface area contributed by atoms with E-state index in [-0.39, 0.29) is 15.6 Å². The van der Waals surface area contributed by atoms with Gasteiger partial charge in [-0.1, -0.05) is 11.6 Å². The van der Waals surface area contributed by atoms with Crippen molar-refractivity contribution < 1.29 is 12.8 Å².